The summed E-state index contributed by atoms with van der Waals surface area (Å²) in [6, 6.07) is 19.3. The summed E-state index contributed by atoms with van der Waals surface area (Å²) in [6.07, 6.45) is 3.91. The molecule has 4 rings (SSSR count). The van der Waals surface area contributed by atoms with Gasteiger partial charge in [0.2, 0.25) is 5.91 Å². The molecule has 0 atom stereocenters. The predicted molar refractivity (Wildman–Crippen MR) is 123 cm³/mol. The summed E-state index contributed by atoms with van der Waals surface area (Å²) in [5, 5.41) is 3.62. The molecule has 2 heterocycles. The Morgan fingerprint density at radius 1 is 1.03 bits per heavy atom. The molecular formula is C23H23N5O2S. The third-order valence-electron chi connectivity index (χ3n) is 5.02. The van der Waals surface area contributed by atoms with E-state index in [4.69, 9.17) is 0 Å². The van der Waals surface area contributed by atoms with Gasteiger partial charge in [-0.05, 0) is 31.2 Å². The Kier molecular flexibility index (Phi) is 6.08. The van der Waals surface area contributed by atoms with Crippen LogP contribution in [0.4, 0.5) is 5.69 Å². The Morgan fingerprint density at radius 2 is 1.68 bits per heavy atom. The van der Waals surface area contributed by atoms with Crippen molar-refractivity contribution in [3.05, 3.63) is 89.1 Å². The van der Waals surface area contributed by atoms with Crippen molar-refractivity contribution in [1.82, 2.24) is 18.9 Å². The summed E-state index contributed by atoms with van der Waals surface area (Å²) in [5.41, 5.74) is 2.55. The molecule has 0 fully saturated rings. The third-order valence-corrected chi connectivity index (χ3v) is 5.99. The number of benzene rings is 2. The fourth-order valence-electron chi connectivity index (χ4n) is 3.33. The van der Waals surface area contributed by atoms with Crippen LogP contribution in [0.15, 0.2) is 83.0 Å². The van der Waals surface area contributed by atoms with Crippen LogP contribution in [0.25, 0.3) is 11.4 Å². The lowest BCUT2D eigenvalue weighted by atomic mass is 10.3. The molecule has 7 nitrogen and oxygen atoms in total. The van der Waals surface area contributed by atoms with Gasteiger partial charge in [-0.25, -0.2) is 9.67 Å². The minimum Gasteiger partial charge on any atom is -0.320 e. The van der Waals surface area contributed by atoms with E-state index in [1.54, 1.807) is 22.6 Å². The maximum atomic E-state index is 12.9. The lowest BCUT2D eigenvalue weighted by Crippen LogP contribution is -2.23. The summed E-state index contributed by atoms with van der Waals surface area (Å²) in [7, 11) is 1.80. The van der Waals surface area contributed by atoms with Gasteiger partial charge in [-0.15, -0.1) is 0 Å². The van der Waals surface area contributed by atoms with Crippen LogP contribution in [0.1, 0.15) is 12.1 Å². The molecular weight excluding hydrogens is 410 g/mol. The Morgan fingerprint density at radius 3 is 2.35 bits per heavy atom. The van der Waals surface area contributed by atoms with Gasteiger partial charge >= 0.3 is 0 Å². The van der Waals surface area contributed by atoms with Gasteiger partial charge < -0.3 is 5.32 Å². The normalized spacial score (nSPS) is 10.9. The molecule has 0 aliphatic heterocycles. The van der Waals surface area contributed by atoms with Crippen LogP contribution in [0.2, 0.25) is 0 Å². The number of anilines is 1. The van der Waals surface area contributed by atoms with Gasteiger partial charge in [0.05, 0.1) is 11.4 Å². The van der Waals surface area contributed by atoms with Crippen molar-refractivity contribution in [2.75, 3.05) is 11.1 Å². The van der Waals surface area contributed by atoms with Crippen molar-refractivity contribution in [1.29, 1.82) is 0 Å². The second-order valence-corrected chi connectivity index (χ2v) is 8.06. The highest BCUT2D eigenvalue weighted by molar-refractivity contribution is 7.99. The fourth-order valence-corrected chi connectivity index (χ4v) is 4.24. The Hall–Kier alpha value is -3.52. The zero-order chi connectivity index (χ0) is 21.8. The van der Waals surface area contributed by atoms with Crippen molar-refractivity contribution in [2.24, 2.45) is 7.05 Å². The van der Waals surface area contributed by atoms with Crippen LogP contribution in [0.3, 0.4) is 0 Å². The number of carbonyl (C=O) groups is 1. The van der Waals surface area contributed by atoms with Gasteiger partial charge in [0, 0.05) is 37.3 Å². The zero-order valence-corrected chi connectivity index (χ0v) is 18.2. The molecule has 0 saturated carbocycles. The van der Waals surface area contributed by atoms with Gasteiger partial charge in [-0.1, -0.05) is 48.2 Å². The van der Waals surface area contributed by atoms with E-state index in [0.717, 1.165) is 16.5 Å². The molecule has 1 N–H and O–H groups in total. The van der Waals surface area contributed by atoms with Crippen LogP contribution >= 0.6 is 11.8 Å². The number of rotatable bonds is 7. The quantitative estimate of drug-likeness (QED) is 0.450. The highest BCUT2D eigenvalue weighted by Gasteiger charge is 2.18. The topological polar surface area (TPSA) is 73.8 Å². The van der Waals surface area contributed by atoms with E-state index in [2.05, 4.69) is 10.3 Å². The molecule has 4 aromatic rings. The van der Waals surface area contributed by atoms with Crippen molar-refractivity contribution in [3.63, 3.8) is 0 Å². The largest absolute Gasteiger partial charge is 0.320 e. The fraction of sp³-hybridized carbons (Fsp3) is 0.174. The molecule has 1 amide bonds. The minimum atomic E-state index is -0.244. The van der Waals surface area contributed by atoms with Crippen molar-refractivity contribution in [3.8, 4) is 11.4 Å². The number of hydrogen-bond donors (Lipinski definition) is 1. The average Bonchev–Trinajstić information content (AvgIpc) is 3.34. The maximum absolute atomic E-state index is 12.9. The zero-order valence-electron chi connectivity index (χ0n) is 17.4. The molecule has 31 heavy (non-hydrogen) atoms. The summed E-state index contributed by atoms with van der Waals surface area (Å²) < 4.78 is 5.29. The number of nitrogens with zero attached hydrogens (tertiary/aromatic N) is 4. The van der Waals surface area contributed by atoms with E-state index in [9.17, 15) is 9.59 Å². The smallest absolute Gasteiger partial charge is 0.295 e. The van der Waals surface area contributed by atoms with Crippen LogP contribution in [-0.2, 0) is 11.8 Å². The predicted octanol–water partition coefficient (Wildman–Crippen LogP) is 3.79. The second kappa shape index (κ2) is 9.09. The van der Waals surface area contributed by atoms with Crippen molar-refractivity contribution in [2.45, 2.75) is 18.5 Å². The van der Waals surface area contributed by atoms with E-state index in [1.165, 1.54) is 11.8 Å². The number of imidazole rings is 1. The summed E-state index contributed by atoms with van der Waals surface area (Å²) >= 11 is 1.50. The molecule has 0 aliphatic rings. The maximum Gasteiger partial charge on any atom is 0.295 e. The molecule has 0 aliphatic carbocycles. The molecule has 2 aromatic heterocycles. The van der Waals surface area contributed by atoms with Crippen molar-refractivity contribution >= 4 is 23.4 Å². The van der Waals surface area contributed by atoms with Crippen molar-refractivity contribution < 1.29 is 4.79 Å². The number of carbonyl (C=O) groups excluding carboxylic acids is 1. The van der Waals surface area contributed by atoms with Crippen LogP contribution in [-0.4, -0.2) is 30.6 Å². The number of thioether (sulfide) groups is 1. The summed E-state index contributed by atoms with van der Waals surface area (Å²) in [4.78, 5) is 29.9. The molecule has 0 bridgehead atoms. The van der Waals surface area contributed by atoms with Gasteiger partial charge in [-0.2, -0.15) is 0 Å². The Bertz CT molecular complexity index is 1240. The van der Waals surface area contributed by atoms with E-state index >= 15 is 0 Å². The lowest BCUT2D eigenvalue weighted by molar-refractivity contribution is -0.115. The van der Waals surface area contributed by atoms with E-state index in [1.807, 2.05) is 78.4 Å². The summed E-state index contributed by atoms with van der Waals surface area (Å²) in [6.45, 7) is 1.82. The number of hydrogen-bond acceptors (Lipinski definition) is 4. The number of amides is 1. The number of nitrogens with one attached hydrogen (secondary N) is 1. The molecule has 0 unspecified atom stereocenters. The first-order chi connectivity index (χ1) is 15.1. The number of aromatic nitrogens is 4. The van der Waals surface area contributed by atoms with Crippen LogP contribution in [0.5, 0.6) is 0 Å². The third kappa shape index (κ3) is 4.34. The second-order valence-electron chi connectivity index (χ2n) is 7.00. The molecule has 2 aromatic carbocycles. The van der Waals surface area contributed by atoms with Gasteiger partial charge in [0.15, 0.2) is 5.16 Å². The Labute approximate surface area is 184 Å². The van der Waals surface area contributed by atoms with Gasteiger partial charge in [0.25, 0.3) is 5.56 Å². The van der Waals surface area contributed by atoms with Gasteiger partial charge in [-0.3, -0.25) is 18.8 Å². The first-order valence-electron chi connectivity index (χ1n) is 9.91. The summed E-state index contributed by atoms with van der Waals surface area (Å²) in [5.74, 6) is 0.352. The SMILES string of the molecule is Cc1c(NC(=O)CCSc2nccn2-c2ccccc2)c(=O)n(-c2ccccc2)n1C. The molecule has 8 heteroatoms. The molecule has 158 valence electrons. The first kappa shape index (κ1) is 20.7. The molecule has 0 radical (unpaired) electrons. The number of para-hydroxylation sites is 2. The van der Waals surface area contributed by atoms with E-state index in [-0.39, 0.29) is 17.9 Å². The first-order valence-corrected chi connectivity index (χ1v) is 10.9. The monoisotopic (exact) mass is 433 g/mol. The molecule has 0 saturated heterocycles. The highest BCUT2D eigenvalue weighted by Crippen LogP contribution is 2.21. The van der Waals surface area contributed by atoms with Gasteiger partial charge in [0.1, 0.15) is 5.69 Å². The van der Waals surface area contributed by atoms with E-state index < -0.39 is 0 Å². The van der Waals surface area contributed by atoms with Crippen LogP contribution < -0.4 is 10.9 Å². The standard InChI is InChI=1S/C23H23N5O2S/c1-17-21(22(30)28(26(17)2)19-11-7-4-8-12-19)25-20(29)13-16-31-23-24-14-15-27(23)18-9-5-3-6-10-18/h3-12,14-15H,13,16H2,1-2H3,(H,25,29). The Balaban J connectivity index is 1.42. The van der Waals surface area contributed by atoms with Crippen LogP contribution in [0, 0.1) is 6.92 Å². The minimum absolute atomic E-state index is 0.198. The van der Waals surface area contributed by atoms with E-state index in [0.29, 0.717) is 17.1 Å². The average molecular weight is 434 g/mol. The highest BCUT2D eigenvalue weighted by atomic mass is 32.2. The molecule has 0 spiro atoms. The lowest BCUT2D eigenvalue weighted by Gasteiger charge is -2.07.